The molecule has 15 heavy (non-hydrogen) atoms. The summed E-state index contributed by atoms with van der Waals surface area (Å²) in [6, 6.07) is 0. The first-order chi connectivity index (χ1) is 6.78. The van der Waals surface area contributed by atoms with Crippen molar-refractivity contribution in [3.8, 4) is 0 Å². The van der Waals surface area contributed by atoms with Crippen molar-refractivity contribution in [3.05, 3.63) is 0 Å². The van der Waals surface area contributed by atoms with E-state index in [4.69, 9.17) is 0 Å². The summed E-state index contributed by atoms with van der Waals surface area (Å²) < 4.78 is 24.5. The van der Waals surface area contributed by atoms with Crippen molar-refractivity contribution in [2.75, 3.05) is 0 Å². The smallest absolute Gasteiger partial charge is 0.155 e. The van der Waals surface area contributed by atoms with Gasteiger partial charge >= 0.3 is 0 Å². The van der Waals surface area contributed by atoms with Gasteiger partial charge in [0.05, 0.1) is 10.5 Å². The summed E-state index contributed by atoms with van der Waals surface area (Å²) in [5.41, 5.74) is 0. The lowest BCUT2D eigenvalue weighted by molar-refractivity contribution is 0.472. The first-order valence-corrected chi connectivity index (χ1v) is 7.62. The molecule has 0 heterocycles. The van der Waals surface area contributed by atoms with Crippen LogP contribution in [-0.4, -0.2) is 18.9 Å². The van der Waals surface area contributed by atoms with Gasteiger partial charge in [0.15, 0.2) is 9.84 Å². The van der Waals surface area contributed by atoms with Crippen LogP contribution >= 0.6 is 0 Å². The molecule has 0 N–H and O–H groups in total. The number of rotatable bonds is 6. The van der Waals surface area contributed by atoms with E-state index < -0.39 is 9.84 Å². The molecule has 0 radical (unpaired) electrons. The molecular weight excluding hydrogens is 208 g/mol. The minimum absolute atomic E-state index is 0.216. The highest BCUT2D eigenvalue weighted by Gasteiger charge is 2.33. The Kier molecular flexibility index (Phi) is 5.86. The van der Waals surface area contributed by atoms with Crippen molar-refractivity contribution in [2.45, 2.75) is 64.9 Å². The van der Waals surface area contributed by atoms with E-state index in [1.54, 1.807) is 0 Å². The lowest BCUT2D eigenvalue weighted by Gasteiger charge is -2.26. The van der Waals surface area contributed by atoms with Crippen LogP contribution in [0.4, 0.5) is 0 Å². The van der Waals surface area contributed by atoms with Crippen LogP contribution in [-0.2, 0) is 9.84 Å². The minimum Gasteiger partial charge on any atom is -0.228 e. The zero-order valence-electron chi connectivity index (χ0n) is 10.9. The van der Waals surface area contributed by atoms with Crippen molar-refractivity contribution >= 4 is 9.84 Å². The number of hydrogen-bond acceptors (Lipinski definition) is 2. The predicted octanol–water partition coefficient (Wildman–Crippen LogP) is 3.27. The summed E-state index contributed by atoms with van der Waals surface area (Å²) in [7, 11) is -2.96. The normalized spacial score (nSPS) is 20.7. The molecule has 0 fully saturated rings. The summed E-state index contributed by atoms with van der Waals surface area (Å²) in [5.74, 6) is 0.503. The molecule has 0 spiro atoms. The van der Waals surface area contributed by atoms with E-state index in [0.717, 1.165) is 12.8 Å². The van der Waals surface area contributed by atoms with Gasteiger partial charge < -0.3 is 0 Å². The van der Waals surface area contributed by atoms with Crippen LogP contribution in [0.5, 0.6) is 0 Å². The van der Waals surface area contributed by atoms with Crippen LogP contribution in [0.2, 0.25) is 0 Å². The van der Waals surface area contributed by atoms with Crippen molar-refractivity contribution in [2.24, 2.45) is 11.8 Å². The second-order valence-electron chi connectivity index (χ2n) is 4.77. The van der Waals surface area contributed by atoms with Crippen LogP contribution in [0, 0.1) is 11.8 Å². The lowest BCUT2D eigenvalue weighted by atomic mass is 10.1. The predicted molar refractivity (Wildman–Crippen MR) is 66.8 cm³/mol. The summed E-state index contributed by atoms with van der Waals surface area (Å²) >= 11 is 0. The zero-order chi connectivity index (χ0) is 12.2. The average Bonchev–Trinajstić information content (AvgIpc) is 2.24. The maximum absolute atomic E-state index is 12.2. The van der Waals surface area contributed by atoms with Gasteiger partial charge in [-0.15, -0.1) is 0 Å². The fourth-order valence-electron chi connectivity index (χ4n) is 1.65. The second kappa shape index (κ2) is 5.88. The van der Waals surface area contributed by atoms with Gasteiger partial charge in [-0.05, 0) is 25.7 Å². The Bertz CT molecular complexity index is 247. The lowest BCUT2D eigenvalue weighted by Crippen LogP contribution is -2.35. The van der Waals surface area contributed by atoms with Crippen molar-refractivity contribution in [1.29, 1.82) is 0 Å². The Morgan fingerprint density at radius 1 is 0.800 bits per heavy atom. The first kappa shape index (κ1) is 14.9. The monoisotopic (exact) mass is 234 g/mol. The van der Waals surface area contributed by atoms with Crippen LogP contribution < -0.4 is 0 Å². The zero-order valence-corrected chi connectivity index (χ0v) is 11.8. The summed E-state index contributed by atoms with van der Waals surface area (Å²) in [6.45, 7) is 11.8. The molecule has 0 aliphatic heterocycles. The number of hydrogen-bond donors (Lipinski definition) is 0. The molecule has 0 bridgehead atoms. The van der Waals surface area contributed by atoms with Gasteiger partial charge in [-0.1, -0.05) is 40.5 Å². The van der Waals surface area contributed by atoms with Crippen molar-refractivity contribution in [1.82, 2.24) is 0 Å². The molecule has 0 aromatic carbocycles. The fourth-order valence-corrected chi connectivity index (χ4v) is 4.01. The third-order valence-electron chi connectivity index (χ3n) is 3.93. The Hall–Kier alpha value is -0.0500. The van der Waals surface area contributed by atoms with E-state index in [0.29, 0.717) is 0 Å². The van der Waals surface area contributed by atoms with Crippen molar-refractivity contribution < 1.29 is 8.42 Å². The Labute approximate surface area is 95.4 Å². The largest absolute Gasteiger partial charge is 0.228 e. The molecule has 0 aromatic rings. The molecule has 2 nitrogen and oxygen atoms in total. The molecular formula is C12H26O2S. The third kappa shape index (κ3) is 3.47. The van der Waals surface area contributed by atoms with E-state index >= 15 is 0 Å². The molecule has 0 rings (SSSR count). The van der Waals surface area contributed by atoms with E-state index in [-0.39, 0.29) is 22.3 Å². The number of sulfone groups is 1. The molecule has 0 unspecified atom stereocenters. The molecule has 0 aromatic heterocycles. The summed E-state index contributed by atoms with van der Waals surface area (Å²) in [5, 5.41) is -0.432. The Balaban J connectivity index is 4.82. The van der Waals surface area contributed by atoms with Gasteiger partial charge in [0.2, 0.25) is 0 Å². The highest BCUT2D eigenvalue weighted by Crippen LogP contribution is 2.24. The van der Waals surface area contributed by atoms with E-state index in [1.807, 2.05) is 41.5 Å². The highest BCUT2D eigenvalue weighted by molar-refractivity contribution is 7.92. The van der Waals surface area contributed by atoms with Gasteiger partial charge in [-0.25, -0.2) is 8.42 Å². The summed E-state index contributed by atoms with van der Waals surface area (Å²) in [4.78, 5) is 0. The standard InChI is InChI=1S/C12H26O2S/c1-7-9(3)11(5)15(13,14)12(6)10(4)8-2/h9-12H,7-8H2,1-6H3/t9-,10+,11-,12-/m0/s1. The molecule has 0 aliphatic rings. The van der Waals surface area contributed by atoms with Gasteiger partial charge in [0.1, 0.15) is 0 Å². The van der Waals surface area contributed by atoms with Gasteiger partial charge in [-0.2, -0.15) is 0 Å². The SMILES string of the molecule is CC[C@@H](C)[C@H](C)S(=O)(=O)[C@@H](C)[C@@H](C)CC. The van der Waals surface area contributed by atoms with Crippen molar-refractivity contribution in [3.63, 3.8) is 0 Å². The fraction of sp³-hybridized carbons (Fsp3) is 1.00. The maximum atomic E-state index is 12.2. The third-order valence-corrected chi connectivity index (χ3v) is 6.93. The average molecular weight is 234 g/mol. The topological polar surface area (TPSA) is 34.1 Å². The van der Waals surface area contributed by atoms with Crippen LogP contribution in [0.15, 0.2) is 0 Å². The molecule has 3 heteroatoms. The maximum Gasteiger partial charge on any atom is 0.155 e. The van der Waals surface area contributed by atoms with E-state index in [2.05, 4.69) is 0 Å². The molecule has 0 amide bonds. The molecule has 4 atom stereocenters. The molecule has 0 saturated carbocycles. The van der Waals surface area contributed by atoms with Crippen LogP contribution in [0.3, 0.4) is 0 Å². The van der Waals surface area contributed by atoms with Gasteiger partial charge in [-0.3, -0.25) is 0 Å². The molecule has 92 valence electrons. The van der Waals surface area contributed by atoms with Crippen LogP contribution in [0.25, 0.3) is 0 Å². The van der Waals surface area contributed by atoms with Crippen LogP contribution in [0.1, 0.15) is 54.4 Å². The van der Waals surface area contributed by atoms with Gasteiger partial charge in [0.25, 0.3) is 0 Å². The van der Waals surface area contributed by atoms with E-state index in [1.165, 1.54) is 0 Å². The first-order valence-electron chi connectivity index (χ1n) is 6.01. The highest BCUT2D eigenvalue weighted by atomic mass is 32.2. The molecule has 0 aliphatic carbocycles. The summed E-state index contributed by atoms with van der Waals surface area (Å²) in [6.07, 6.45) is 1.85. The quantitative estimate of drug-likeness (QED) is 0.707. The van der Waals surface area contributed by atoms with Gasteiger partial charge in [0, 0.05) is 0 Å². The Morgan fingerprint density at radius 2 is 1.07 bits per heavy atom. The Morgan fingerprint density at radius 3 is 1.27 bits per heavy atom. The van der Waals surface area contributed by atoms with E-state index in [9.17, 15) is 8.42 Å². The second-order valence-corrected chi connectivity index (χ2v) is 7.44. The minimum atomic E-state index is -2.96. The molecule has 0 saturated heterocycles.